The van der Waals surface area contributed by atoms with Crippen LogP contribution in [0.3, 0.4) is 0 Å². The second kappa shape index (κ2) is 7.80. The lowest BCUT2D eigenvalue weighted by molar-refractivity contribution is 0.0975. The normalized spacial score (nSPS) is 10.5. The molecule has 1 N–H and O–H groups in total. The minimum Gasteiger partial charge on any atom is -0.494 e. The molecule has 0 unspecified atom stereocenters. The molecule has 0 atom stereocenters. The van der Waals surface area contributed by atoms with Gasteiger partial charge in [0.2, 0.25) is 5.88 Å². The van der Waals surface area contributed by atoms with E-state index in [1.54, 1.807) is 0 Å². The first-order valence-electron chi connectivity index (χ1n) is 8.35. The highest BCUT2D eigenvalue weighted by atomic mass is 16.3. The molecule has 0 radical (unpaired) electrons. The molecular formula is C20H22N2O3. The summed E-state index contributed by atoms with van der Waals surface area (Å²) in [6.45, 7) is 5.57. The molecule has 0 aliphatic rings. The standard InChI is InChI=1S/C20H22N2O3/c1-4-5-6-17(23)18-14(3)16(11-21)19(24)22(20(18)25)12-15-9-7-13(2)8-10-15/h7-10,25H,4-6,12H2,1-3H3. The topological polar surface area (TPSA) is 83.1 Å². The number of unbranched alkanes of at least 4 members (excludes halogenated alkanes) is 1. The molecule has 1 aromatic heterocycles. The molecule has 0 aliphatic heterocycles. The molecule has 0 saturated carbocycles. The lowest BCUT2D eigenvalue weighted by atomic mass is 9.98. The van der Waals surface area contributed by atoms with E-state index >= 15 is 0 Å². The molecule has 0 aliphatic carbocycles. The molecule has 0 spiro atoms. The van der Waals surface area contributed by atoms with Crippen molar-refractivity contribution in [3.05, 3.63) is 62.4 Å². The van der Waals surface area contributed by atoms with Gasteiger partial charge in [-0.25, -0.2) is 0 Å². The smallest absolute Gasteiger partial charge is 0.271 e. The second-order valence-corrected chi connectivity index (χ2v) is 6.21. The van der Waals surface area contributed by atoms with E-state index in [-0.39, 0.29) is 41.3 Å². The molecule has 1 heterocycles. The Hall–Kier alpha value is -2.87. The summed E-state index contributed by atoms with van der Waals surface area (Å²) in [4.78, 5) is 25.1. The molecule has 130 valence electrons. The lowest BCUT2D eigenvalue weighted by Crippen LogP contribution is -2.27. The Morgan fingerprint density at radius 1 is 1.24 bits per heavy atom. The highest BCUT2D eigenvalue weighted by Gasteiger charge is 2.23. The van der Waals surface area contributed by atoms with Crippen LogP contribution in [0.25, 0.3) is 0 Å². The summed E-state index contributed by atoms with van der Waals surface area (Å²) in [5.41, 5.74) is 1.55. The van der Waals surface area contributed by atoms with E-state index < -0.39 is 5.56 Å². The quantitative estimate of drug-likeness (QED) is 0.818. The molecule has 0 fully saturated rings. The molecule has 0 amide bonds. The highest BCUT2D eigenvalue weighted by Crippen LogP contribution is 2.24. The largest absolute Gasteiger partial charge is 0.494 e. The molecule has 5 heteroatoms. The number of carbonyl (C=O) groups is 1. The van der Waals surface area contributed by atoms with Crippen molar-refractivity contribution in [3.63, 3.8) is 0 Å². The number of nitriles is 1. The highest BCUT2D eigenvalue weighted by molar-refractivity contribution is 6.00. The maximum atomic E-state index is 12.6. The van der Waals surface area contributed by atoms with Crippen LogP contribution in [-0.2, 0) is 6.54 Å². The van der Waals surface area contributed by atoms with Crippen molar-refractivity contribution in [2.45, 2.75) is 46.6 Å². The fourth-order valence-electron chi connectivity index (χ4n) is 2.77. The number of aryl methyl sites for hydroxylation is 1. The van der Waals surface area contributed by atoms with Gasteiger partial charge in [0.1, 0.15) is 11.6 Å². The first-order chi connectivity index (χ1) is 11.9. The zero-order valence-corrected chi connectivity index (χ0v) is 14.8. The molecule has 5 nitrogen and oxygen atoms in total. The van der Waals surface area contributed by atoms with Crippen LogP contribution in [0.2, 0.25) is 0 Å². The second-order valence-electron chi connectivity index (χ2n) is 6.21. The molecular weight excluding hydrogens is 316 g/mol. The lowest BCUT2D eigenvalue weighted by Gasteiger charge is -2.15. The monoisotopic (exact) mass is 338 g/mol. The zero-order valence-electron chi connectivity index (χ0n) is 14.8. The number of rotatable bonds is 6. The van der Waals surface area contributed by atoms with Gasteiger partial charge in [-0.15, -0.1) is 0 Å². The van der Waals surface area contributed by atoms with Gasteiger partial charge in [0.15, 0.2) is 5.78 Å². The summed E-state index contributed by atoms with van der Waals surface area (Å²) >= 11 is 0. The van der Waals surface area contributed by atoms with Crippen LogP contribution >= 0.6 is 0 Å². The van der Waals surface area contributed by atoms with Gasteiger partial charge in [-0.2, -0.15) is 5.26 Å². The summed E-state index contributed by atoms with van der Waals surface area (Å²) in [5, 5.41) is 19.9. The van der Waals surface area contributed by atoms with Gasteiger partial charge < -0.3 is 5.11 Å². The number of ketones is 1. The van der Waals surface area contributed by atoms with E-state index in [0.29, 0.717) is 6.42 Å². The molecule has 2 aromatic rings. The average Bonchev–Trinajstić information content (AvgIpc) is 2.59. The van der Waals surface area contributed by atoms with Crippen molar-refractivity contribution < 1.29 is 9.90 Å². The van der Waals surface area contributed by atoms with Gasteiger partial charge in [-0.05, 0) is 31.4 Å². The Labute approximate surface area is 147 Å². The van der Waals surface area contributed by atoms with E-state index in [9.17, 15) is 20.0 Å². The van der Waals surface area contributed by atoms with Crippen LogP contribution in [0, 0.1) is 25.2 Å². The minimum absolute atomic E-state index is 0.0803. The summed E-state index contributed by atoms with van der Waals surface area (Å²) in [5.74, 6) is -0.603. The SMILES string of the molecule is CCCCC(=O)c1c(C)c(C#N)c(=O)n(Cc2ccc(C)cc2)c1O. The Bertz CT molecular complexity index is 887. The fraction of sp³-hybridized carbons (Fsp3) is 0.350. The number of aromatic hydroxyl groups is 1. The van der Waals surface area contributed by atoms with Gasteiger partial charge in [0.25, 0.3) is 5.56 Å². The first kappa shape index (κ1) is 18.5. The molecule has 1 aromatic carbocycles. The predicted molar refractivity (Wildman–Crippen MR) is 96.0 cm³/mol. The number of Topliss-reactive ketones (excluding diaryl/α,β-unsaturated/α-hetero) is 1. The van der Waals surface area contributed by atoms with E-state index in [4.69, 9.17) is 0 Å². The predicted octanol–water partition coefficient (Wildman–Crippen LogP) is 3.46. The van der Waals surface area contributed by atoms with Crippen LogP contribution in [0.15, 0.2) is 29.1 Å². The number of carbonyl (C=O) groups excluding carboxylic acids is 1. The zero-order chi connectivity index (χ0) is 18.6. The maximum absolute atomic E-state index is 12.6. The average molecular weight is 338 g/mol. The van der Waals surface area contributed by atoms with Crippen LogP contribution in [0.4, 0.5) is 0 Å². The third-order valence-corrected chi connectivity index (χ3v) is 4.30. The van der Waals surface area contributed by atoms with E-state index in [2.05, 4.69) is 0 Å². The van der Waals surface area contributed by atoms with Gasteiger partial charge in [0, 0.05) is 6.42 Å². The van der Waals surface area contributed by atoms with Crippen molar-refractivity contribution in [1.29, 1.82) is 5.26 Å². The number of hydrogen-bond acceptors (Lipinski definition) is 4. The van der Waals surface area contributed by atoms with Crippen LogP contribution < -0.4 is 5.56 Å². The molecule has 25 heavy (non-hydrogen) atoms. The van der Waals surface area contributed by atoms with Crippen molar-refractivity contribution in [3.8, 4) is 11.9 Å². The van der Waals surface area contributed by atoms with Crippen molar-refractivity contribution in [2.75, 3.05) is 0 Å². The number of aromatic nitrogens is 1. The van der Waals surface area contributed by atoms with E-state index in [1.165, 1.54) is 6.92 Å². The molecule has 0 bridgehead atoms. The van der Waals surface area contributed by atoms with Gasteiger partial charge in [0.05, 0.1) is 12.1 Å². The van der Waals surface area contributed by atoms with E-state index in [0.717, 1.165) is 22.1 Å². The number of pyridine rings is 1. The van der Waals surface area contributed by atoms with Crippen LogP contribution in [-0.4, -0.2) is 15.5 Å². The summed E-state index contributed by atoms with van der Waals surface area (Å²) in [6.07, 6.45) is 1.81. The summed E-state index contributed by atoms with van der Waals surface area (Å²) < 4.78 is 1.11. The maximum Gasteiger partial charge on any atom is 0.271 e. The summed E-state index contributed by atoms with van der Waals surface area (Å²) in [7, 11) is 0. The third kappa shape index (κ3) is 3.80. The fourth-order valence-corrected chi connectivity index (χ4v) is 2.77. The number of hydrogen-bond donors (Lipinski definition) is 1. The molecule has 2 rings (SSSR count). The Kier molecular flexibility index (Phi) is 5.76. The molecule has 0 saturated heterocycles. The van der Waals surface area contributed by atoms with Crippen LogP contribution in [0.5, 0.6) is 5.88 Å². The Balaban J connectivity index is 2.59. The summed E-state index contributed by atoms with van der Waals surface area (Å²) in [6, 6.07) is 9.40. The Morgan fingerprint density at radius 3 is 2.44 bits per heavy atom. The Morgan fingerprint density at radius 2 is 1.88 bits per heavy atom. The number of benzene rings is 1. The minimum atomic E-state index is -0.579. The van der Waals surface area contributed by atoms with Crippen molar-refractivity contribution >= 4 is 5.78 Å². The van der Waals surface area contributed by atoms with Gasteiger partial charge >= 0.3 is 0 Å². The van der Waals surface area contributed by atoms with Crippen molar-refractivity contribution in [1.82, 2.24) is 4.57 Å². The third-order valence-electron chi connectivity index (χ3n) is 4.30. The van der Waals surface area contributed by atoms with Gasteiger partial charge in [-0.1, -0.05) is 43.2 Å². The first-order valence-corrected chi connectivity index (χ1v) is 8.35. The van der Waals surface area contributed by atoms with Crippen molar-refractivity contribution in [2.24, 2.45) is 0 Å². The van der Waals surface area contributed by atoms with Gasteiger partial charge in [-0.3, -0.25) is 14.2 Å². The van der Waals surface area contributed by atoms with Crippen LogP contribution in [0.1, 0.15) is 58.8 Å². The number of nitrogens with zero attached hydrogens (tertiary/aromatic N) is 2. The van der Waals surface area contributed by atoms with E-state index in [1.807, 2.05) is 44.2 Å².